The van der Waals surface area contributed by atoms with Crippen molar-refractivity contribution in [3.05, 3.63) is 42.1 Å². The third-order valence-corrected chi connectivity index (χ3v) is 4.42. The van der Waals surface area contributed by atoms with Crippen LogP contribution in [0.15, 0.2) is 36.5 Å². The molecule has 1 aliphatic rings. The molecule has 1 N–H and O–H groups in total. The largest absolute Gasteiger partial charge is 0.395 e. The number of likely N-dealkylation sites (tertiary alicyclic amines) is 1. The fraction of sp³-hybridized carbons (Fsp3) is 0.471. The fourth-order valence-electron chi connectivity index (χ4n) is 3.22. The predicted octanol–water partition coefficient (Wildman–Crippen LogP) is 2.83. The number of aliphatic hydroxyl groups is 1. The van der Waals surface area contributed by atoms with Gasteiger partial charge in [0.2, 0.25) is 0 Å². The van der Waals surface area contributed by atoms with E-state index in [1.54, 1.807) is 0 Å². The molecule has 3 rings (SSSR count). The topological polar surface area (TPSA) is 36.4 Å². The highest BCUT2D eigenvalue weighted by molar-refractivity contribution is 5.81. The summed E-state index contributed by atoms with van der Waals surface area (Å²) in [5.74, 6) is 0.720. The van der Waals surface area contributed by atoms with E-state index in [4.69, 9.17) is 0 Å². The van der Waals surface area contributed by atoms with E-state index in [2.05, 4.69) is 41.1 Å². The number of benzene rings is 1. The summed E-state index contributed by atoms with van der Waals surface area (Å²) in [6, 6.07) is 10.7. The summed E-state index contributed by atoms with van der Waals surface area (Å²) >= 11 is 0. The SMILES string of the molecule is C[C@@H]1CCN(Cc2cccc3ncccc23)[C@H](CO)C1. The molecule has 2 heterocycles. The molecular formula is C17H22N2O. The Labute approximate surface area is 120 Å². The Kier molecular flexibility index (Phi) is 3.99. The van der Waals surface area contributed by atoms with E-state index < -0.39 is 0 Å². The quantitative estimate of drug-likeness (QED) is 0.931. The number of hydrogen-bond donors (Lipinski definition) is 1. The zero-order chi connectivity index (χ0) is 13.9. The third kappa shape index (κ3) is 2.69. The van der Waals surface area contributed by atoms with Crippen molar-refractivity contribution in [2.45, 2.75) is 32.4 Å². The van der Waals surface area contributed by atoms with E-state index in [1.165, 1.54) is 17.4 Å². The van der Waals surface area contributed by atoms with Gasteiger partial charge < -0.3 is 5.11 Å². The lowest BCUT2D eigenvalue weighted by molar-refractivity contribution is 0.0637. The van der Waals surface area contributed by atoms with Gasteiger partial charge in [0.05, 0.1) is 12.1 Å². The average Bonchev–Trinajstić information content (AvgIpc) is 2.49. The number of nitrogens with zero attached hydrogens (tertiary/aromatic N) is 2. The summed E-state index contributed by atoms with van der Waals surface area (Å²) < 4.78 is 0. The fourth-order valence-corrected chi connectivity index (χ4v) is 3.22. The number of pyridine rings is 1. The maximum Gasteiger partial charge on any atom is 0.0705 e. The van der Waals surface area contributed by atoms with Crippen molar-refractivity contribution < 1.29 is 5.11 Å². The minimum absolute atomic E-state index is 0.257. The van der Waals surface area contributed by atoms with Crippen LogP contribution in [-0.4, -0.2) is 34.2 Å². The van der Waals surface area contributed by atoms with Gasteiger partial charge in [-0.3, -0.25) is 9.88 Å². The van der Waals surface area contributed by atoms with Gasteiger partial charge in [-0.15, -0.1) is 0 Å². The highest BCUT2D eigenvalue weighted by Crippen LogP contribution is 2.26. The molecule has 1 saturated heterocycles. The molecule has 1 fully saturated rings. The van der Waals surface area contributed by atoms with Crippen LogP contribution in [0.25, 0.3) is 10.9 Å². The van der Waals surface area contributed by atoms with Crippen LogP contribution in [0.1, 0.15) is 25.3 Å². The molecule has 0 aliphatic carbocycles. The van der Waals surface area contributed by atoms with Crippen LogP contribution in [0.4, 0.5) is 0 Å². The highest BCUT2D eigenvalue weighted by Gasteiger charge is 2.25. The Balaban J connectivity index is 1.85. The maximum absolute atomic E-state index is 9.62. The minimum atomic E-state index is 0.257. The van der Waals surface area contributed by atoms with Crippen LogP contribution < -0.4 is 0 Å². The standard InChI is InChI=1S/C17H22N2O/c1-13-7-9-19(15(10-13)12-20)11-14-4-2-6-17-16(14)5-3-8-18-17/h2-6,8,13,15,20H,7,9-12H2,1H3/t13-,15+/m1/s1. The van der Waals surface area contributed by atoms with Gasteiger partial charge in [-0.25, -0.2) is 0 Å². The second-order valence-electron chi connectivity index (χ2n) is 5.92. The summed E-state index contributed by atoms with van der Waals surface area (Å²) in [5, 5.41) is 10.8. The third-order valence-electron chi connectivity index (χ3n) is 4.42. The molecule has 0 radical (unpaired) electrons. The molecular weight excluding hydrogens is 248 g/mol. The number of aromatic nitrogens is 1. The molecule has 1 aromatic carbocycles. The average molecular weight is 270 g/mol. The first-order valence-corrected chi connectivity index (χ1v) is 7.45. The summed E-state index contributed by atoms with van der Waals surface area (Å²) in [6.45, 7) is 4.51. The van der Waals surface area contributed by atoms with Gasteiger partial charge in [0.15, 0.2) is 0 Å². The van der Waals surface area contributed by atoms with Gasteiger partial charge in [0, 0.05) is 24.2 Å². The molecule has 20 heavy (non-hydrogen) atoms. The highest BCUT2D eigenvalue weighted by atomic mass is 16.3. The molecule has 0 unspecified atom stereocenters. The minimum Gasteiger partial charge on any atom is -0.395 e. The van der Waals surface area contributed by atoms with Crippen LogP contribution >= 0.6 is 0 Å². The first-order valence-electron chi connectivity index (χ1n) is 7.45. The van der Waals surface area contributed by atoms with Crippen LogP contribution in [0.5, 0.6) is 0 Å². The van der Waals surface area contributed by atoms with Crippen molar-refractivity contribution >= 4 is 10.9 Å². The number of rotatable bonds is 3. The summed E-state index contributed by atoms with van der Waals surface area (Å²) in [5.41, 5.74) is 2.36. The predicted molar refractivity (Wildman–Crippen MR) is 81.4 cm³/mol. The molecule has 106 valence electrons. The zero-order valence-electron chi connectivity index (χ0n) is 12.0. The number of piperidine rings is 1. The van der Waals surface area contributed by atoms with E-state index in [-0.39, 0.29) is 6.61 Å². The molecule has 3 heteroatoms. The van der Waals surface area contributed by atoms with Crippen LogP contribution in [0, 0.1) is 5.92 Å². The van der Waals surface area contributed by atoms with Gasteiger partial charge in [0.25, 0.3) is 0 Å². The molecule has 0 bridgehead atoms. The summed E-state index contributed by atoms with van der Waals surface area (Å²) in [4.78, 5) is 6.84. The van der Waals surface area contributed by atoms with Gasteiger partial charge in [-0.2, -0.15) is 0 Å². The monoisotopic (exact) mass is 270 g/mol. The summed E-state index contributed by atoms with van der Waals surface area (Å²) in [7, 11) is 0. The molecule has 2 atom stereocenters. The van der Waals surface area contributed by atoms with Crippen molar-refractivity contribution in [1.29, 1.82) is 0 Å². The Morgan fingerprint density at radius 2 is 2.20 bits per heavy atom. The van der Waals surface area contributed by atoms with Gasteiger partial charge in [-0.05, 0) is 43.0 Å². The lowest BCUT2D eigenvalue weighted by Crippen LogP contribution is -2.43. The molecule has 0 saturated carbocycles. The van der Waals surface area contributed by atoms with Crippen LogP contribution in [-0.2, 0) is 6.54 Å². The number of hydrogen-bond acceptors (Lipinski definition) is 3. The molecule has 3 nitrogen and oxygen atoms in total. The van der Waals surface area contributed by atoms with Crippen LogP contribution in [0.3, 0.4) is 0 Å². The Hall–Kier alpha value is -1.45. The maximum atomic E-state index is 9.62. The Morgan fingerprint density at radius 3 is 3.05 bits per heavy atom. The van der Waals surface area contributed by atoms with Gasteiger partial charge >= 0.3 is 0 Å². The van der Waals surface area contributed by atoms with E-state index in [0.29, 0.717) is 6.04 Å². The van der Waals surface area contributed by atoms with E-state index in [0.717, 1.165) is 30.9 Å². The lowest BCUT2D eigenvalue weighted by Gasteiger charge is -2.37. The van der Waals surface area contributed by atoms with Crippen LogP contribution in [0.2, 0.25) is 0 Å². The zero-order valence-corrected chi connectivity index (χ0v) is 12.0. The molecule has 0 amide bonds. The molecule has 2 aromatic rings. The Morgan fingerprint density at radius 1 is 1.30 bits per heavy atom. The number of aliphatic hydroxyl groups excluding tert-OH is 1. The van der Waals surface area contributed by atoms with E-state index in [9.17, 15) is 5.11 Å². The first-order chi connectivity index (χ1) is 9.78. The molecule has 1 aliphatic heterocycles. The lowest BCUT2D eigenvalue weighted by atomic mass is 9.92. The number of fused-ring (bicyclic) bond motifs is 1. The van der Waals surface area contributed by atoms with E-state index in [1.807, 2.05) is 12.3 Å². The molecule has 0 spiro atoms. The first kappa shape index (κ1) is 13.5. The van der Waals surface area contributed by atoms with Crippen molar-refractivity contribution in [3.63, 3.8) is 0 Å². The van der Waals surface area contributed by atoms with Crippen molar-refractivity contribution in [2.24, 2.45) is 5.92 Å². The van der Waals surface area contributed by atoms with Crippen molar-refractivity contribution in [3.8, 4) is 0 Å². The molecule has 1 aromatic heterocycles. The smallest absolute Gasteiger partial charge is 0.0705 e. The second kappa shape index (κ2) is 5.90. The van der Waals surface area contributed by atoms with Crippen molar-refractivity contribution in [2.75, 3.05) is 13.2 Å². The summed E-state index contributed by atoms with van der Waals surface area (Å²) in [6.07, 6.45) is 4.16. The van der Waals surface area contributed by atoms with Gasteiger partial charge in [-0.1, -0.05) is 25.1 Å². The normalized spacial score (nSPS) is 24.1. The Bertz CT molecular complexity index is 579. The van der Waals surface area contributed by atoms with Crippen molar-refractivity contribution in [1.82, 2.24) is 9.88 Å². The van der Waals surface area contributed by atoms with Gasteiger partial charge in [0.1, 0.15) is 0 Å². The van der Waals surface area contributed by atoms with E-state index >= 15 is 0 Å². The second-order valence-corrected chi connectivity index (χ2v) is 5.92.